The first kappa shape index (κ1) is 11.4. The van der Waals surface area contributed by atoms with Crippen LogP contribution < -0.4 is 4.74 Å². The Bertz CT molecular complexity index is 330. The second kappa shape index (κ2) is 4.81. The van der Waals surface area contributed by atoms with Gasteiger partial charge >= 0.3 is 6.61 Å². The lowest BCUT2D eigenvalue weighted by atomic mass is 9.92. The average Bonchev–Trinajstić information content (AvgIpc) is 3.05. The van der Waals surface area contributed by atoms with E-state index in [0.717, 1.165) is 12.3 Å². The molecule has 1 aromatic carbocycles. The van der Waals surface area contributed by atoms with Crippen LogP contribution in [0.1, 0.15) is 37.7 Å². The average molecular weight is 226 g/mol. The molecule has 1 aliphatic carbocycles. The number of rotatable bonds is 5. The molecule has 1 aromatic rings. The SMILES string of the molecule is CCC(c1ccc(OC(F)F)cc1)C1CC1. The van der Waals surface area contributed by atoms with Crippen molar-refractivity contribution in [3.63, 3.8) is 0 Å². The van der Waals surface area contributed by atoms with Crippen molar-refractivity contribution in [1.29, 1.82) is 0 Å². The van der Waals surface area contributed by atoms with Crippen molar-refractivity contribution >= 4 is 0 Å². The van der Waals surface area contributed by atoms with Crippen LogP contribution in [0.15, 0.2) is 24.3 Å². The van der Waals surface area contributed by atoms with E-state index < -0.39 is 6.61 Å². The van der Waals surface area contributed by atoms with Crippen LogP contribution in [0.4, 0.5) is 8.78 Å². The second-order valence-electron chi connectivity index (χ2n) is 4.30. The molecule has 1 saturated carbocycles. The predicted octanol–water partition coefficient (Wildman–Crippen LogP) is 4.19. The summed E-state index contributed by atoms with van der Waals surface area (Å²) < 4.78 is 28.2. The molecule has 1 atom stereocenters. The van der Waals surface area contributed by atoms with Gasteiger partial charge in [-0.3, -0.25) is 0 Å². The molecule has 1 aliphatic rings. The Morgan fingerprint density at radius 3 is 2.31 bits per heavy atom. The summed E-state index contributed by atoms with van der Waals surface area (Å²) in [5.74, 6) is 1.62. The van der Waals surface area contributed by atoms with Crippen LogP contribution in [0, 0.1) is 5.92 Å². The maximum Gasteiger partial charge on any atom is 0.387 e. The molecule has 1 nitrogen and oxygen atoms in total. The van der Waals surface area contributed by atoms with Gasteiger partial charge < -0.3 is 4.74 Å². The molecule has 0 spiro atoms. The third-order valence-corrected chi connectivity index (χ3v) is 3.16. The zero-order chi connectivity index (χ0) is 11.5. The fourth-order valence-electron chi connectivity index (χ4n) is 2.24. The van der Waals surface area contributed by atoms with E-state index in [9.17, 15) is 8.78 Å². The zero-order valence-corrected chi connectivity index (χ0v) is 9.33. The van der Waals surface area contributed by atoms with Gasteiger partial charge in [0.2, 0.25) is 0 Å². The van der Waals surface area contributed by atoms with Crippen LogP contribution in [0.2, 0.25) is 0 Å². The van der Waals surface area contributed by atoms with Gasteiger partial charge in [0.25, 0.3) is 0 Å². The number of hydrogen-bond acceptors (Lipinski definition) is 1. The Morgan fingerprint density at radius 2 is 1.88 bits per heavy atom. The van der Waals surface area contributed by atoms with Gasteiger partial charge in [0, 0.05) is 0 Å². The lowest BCUT2D eigenvalue weighted by molar-refractivity contribution is -0.0498. The normalized spacial score (nSPS) is 17.5. The summed E-state index contributed by atoms with van der Waals surface area (Å²) in [5, 5.41) is 0. The minimum Gasteiger partial charge on any atom is -0.435 e. The van der Waals surface area contributed by atoms with Crippen molar-refractivity contribution in [1.82, 2.24) is 0 Å². The molecule has 3 heteroatoms. The summed E-state index contributed by atoms with van der Waals surface area (Å²) in [4.78, 5) is 0. The maximum absolute atomic E-state index is 12.0. The van der Waals surface area contributed by atoms with Gasteiger partial charge in [-0.15, -0.1) is 0 Å². The summed E-state index contributed by atoms with van der Waals surface area (Å²) in [6.45, 7) is -0.566. The van der Waals surface area contributed by atoms with Crippen molar-refractivity contribution in [3.8, 4) is 5.75 Å². The summed E-state index contributed by atoms with van der Waals surface area (Å²) in [6, 6.07) is 7.08. The number of ether oxygens (including phenoxy) is 1. The van der Waals surface area contributed by atoms with Crippen molar-refractivity contribution in [3.05, 3.63) is 29.8 Å². The van der Waals surface area contributed by atoms with Gasteiger partial charge in [0.15, 0.2) is 0 Å². The zero-order valence-electron chi connectivity index (χ0n) is 9.33. The molecule has 2 rings (SSSR count). The van der Waals surface area contributed by atoms with E-state index in [2.05, 4.69) is 11.7 Å². The topological polar surface area (TPSA) is 9.23 Å². The van der Waals surface area contributed by atoms with Crippen LogP contribution in [0.25, 0.3) is 0 Å². The second-order valence-corrected chi connectivity index (χ2v) is 4.30. The van der Waals surface area contributed by atoms with Crippen molar-refractivity contribution in [2.24, 2.45) is 5.92 Å². The molecule has 0 bridgehead atoms. The van der Waals surface area contributed by atoms with E-state index in [1.165, 1.54) is 18.4 Å². The summed E-state index contributed by atoms with van der Waals surface area (Å²) in [7, 11) is 0. The van der Waals surface area contributed by atoms with E-state index >= 15 is 0 Å². The van der Waals surface area contributed by atoms with E-state index in [1.807, 2.05) is 12.1 Å². The van der Waals surface area contributed by atoms with Crippen LogP contribution in [-0.2, 0) is 0 Å². The minimum absolute atomic E-state index is 0.240. The molecule has 0 heterocycles. The largest absolute Gasteiger partial charge is 0.435 e. The molecule has 0 aromatic heterocycles. The Balaban J connectivity index is 2.05. The number of alkyl halides is 2. The quantitative estimate of drug-likeness (QED) is 0.731. The molecule has 1 fully saturated rings. The number of halogens is 2. The van der Waals surface area contributed by atoms with E-state index in [0.29, 0.717) is 5.92 Å². The molecule has 88 valence electrons. The minimum atomic E-state index is -2.74. The van der Waals surface area contributed by atoms with Crippen LogP contribution in [-0.4, -0.2) is 6.61 Å². The third-order valence-electron chi connectivity index (χ3n) is 3.16. The van der Waals surface area contributed by atoms with Crippen molar-refractivity contribution in [2.75, 3.05) is 0 Å². The molecule has 0 amide bonds. The third kappa shape index (κ3) is 2.71. The van der Waals surface area contributed by atoms with Gasteiger partial charge in [-0.1, -0.05) is 19.1 Å². The van der Waals surface area contributed by atoms with Gasteiger partial charge in [0.05, 0.1) is 0 Å². The van der Waals surface area contributed by atoms with E-state index in [1.54, 1.807) is 12.1 Å². The summed E-state index contributed by atoms with van der Waals surface area (Å²) in [5.41, 5.74) is 1.24. The predicted molar refractivity (Wildman–Crippen MR) is 58.8 cm³/mol. The van der Waals surface area contributed by atoms with Crippen LogP contribution in [0.5, 0.6) is 5.75 Å². The molecule has 1 unspecified atom stereocenters. The smallest absolute Gasteiger partial charge is 0.387 e. The Hall–Kier alpha value is -1.12. The lowest BCUT2D eigenvalue weighted by Crippen LogP contribution is -2.03. The monoisotopic (exact) mass is 226 g/mol. The Morgan fingerprint density at radius 1 is 1.25 bits per heavy atom. The number of hydrogen-bond donors (Lipinski definition) is 0. The highest BCUT2D eigenvalue weighted by Crippen LogP contribution is 2.44. The first-order valence-electron chi connectivity index (χ1n) is 5.75. The van der Waals surface area contributed by atoms with Crippen LogP contribution in [0.3, 0.4) is 0 Å². The van der Waals surface area contributed by atoms with Gasteiger partial charge in [-0.2, -0.15) is 8.78 Å². The van der Waals surface area contributed by atoms with Crippen molar-refractivity contribution in [2.45, 2.75) is 38.7 Å². The number of benzene rings is 1. The molecule has 0 saturated heterocycles. The molecule has 0 aliphatic heterocycles. The van der Waals surface area contributed by atoms with Crippen LogP contribution >= 0.6 is 0 Å². The Kier molecular flexibility index (Phi) is 3.42. The summed E-state index contributed by atoms with van der Waals surface area (Å²) >= 11 is 0. The first-order valence-corrected chi connectivity index (χ1v) is 5.75. The first-order chi connectivity index (χ1) is 7.70. The highest BCUT2D eigenvalue weighted by Gasteiger charge is 2.30. The standard InChI is InChI=1S/C13H16F2O/c1-2-12(9-3-4-9)10-5-7-11(8-6-10)16-13(14)15/h5-9,12-13H,2-4H2,1H3. The highest BCUT2D eigenvalue weighted by atomic mass is 19.3. The van der Waals surface area contributed by atoms with E-state index in [4.69, 9.17) is 0 Å². The Labute approximate surface area is 94.4 Å². The van der Waals surface area contributed by atoms with Crippen molar-refractivity contribution < 1.29 is 13.5 Å². The summed E-state index contributed by atoms with van der Waals surface area (Å²) in [6.07, 6.45) is 3.71. The van der Waals surface area contributed by atoms with Gasteiger partial charge in [0.1, 0.15) is 5.75 Å². The maximum atomic E-state index is 12.0. The highest BCUT2D eigenvalue weighted by molar-refractivity contribution is 5.30. The molecular weight excluding hydrogens is 210 g/mol. The lowest BCUT2D eigenvalue weighted by Gasteiger charge is -2.14. The molecule has 0 radical (unpaired) electrons. The fraction of sp³-hybridized carbons (Fsp3) is 0.538. The van der Waals surface area contributed by atoms with E-state index in [-0.39, 0.29) is 5.75 Å². The molecule has 16 heavy (non-hydrogen) atoms. The molecule has 0 N–H and O–H groups in total. The fourth-order valence-corrected chi connectivity index (χ4v) is 2.24. The van der Waals surface area contributed by atoms with Gasteiger partial charge in [-0.25, -0.2) is 0 Å². The van der Waals surface area contributed by atoms with Gasteiger partial charge in [-0.05, 0) is 48.8 Å². The molecular formula is C13H16F2O.